The number of nitrogens with one attached hydrogen (secondary N) is 1. The summed E-state index contributed by atoms with van der Waals surface area (Å²) in [6.45, 7) is 4.41. The van der Waals surface area contributed by atoms with Crippen LogP contribution in [0.2, 0.25) is 0 Å². The summed E-state index contributed by atoms with van der Waals surface area (Å²) in [5.74, 6) is 0. The Labute approximate surface area is 115 Å². The molecule has 1 N–H and O–H groups in total. The molecule has 2 unspecified atom stereocenters. The Balaban J connectivity index is 1.76. The Bertz CT molecular complexity index is 573. The van der Waals surface area contributed by atoms with Gasteiger partial charge >= 0.3 is 0 Å². The lowest BCUT2D eigenvalue weighted by Gasteiger charge is -2.21. The highest BCUT2D eigenvalue weighted by Crippen LogP contribution is 2.32. The first-order valence-electron chi connectivity index (χ1n) is 7.14. The first-order chi connectivity index (χ1) is 9.24. The van der Waals surface area contributed by atoms with Crippen molar-refractivity contribution >= 4 is 0 Å². The molecule has 0 radical (unpaired) electrons. The van der Waals surface area contributed by atoms with Gasteiger partial charge in [-0.1, -0.05) is 54.1 Å². The van der Waals surface area contributed by atoms with Gasteiger partial charge in [0.05, 0.1) is 0 Å². The van der Waals surface area contributed by atoms with Gasteiger partial charge in [0.25, 0.3) is 0 Å². The van der Waals surface area contributed by atoms with Crippen LogP contribution in [0.1, 0.15) is 47.7 Å². The van der Waals surface area contributed by atoms with Crippen LogP contribution >= 0.6 is 0 Å². The van der Waals surface area contributed by atoms with Crippen LogP contribution in [0.5, 0.6) is 0 Å². The molecule has 0 saturated heterocycles. The predicted molar refractivity (Wildman–Crippen MR) is 80.2 cm³/mol. The number of hydrogen-bond acceptors (Lipinski definition) is 1. The monoisotopic (exact) mass is 251 g/mol. The number of rotatable bonds is 3. The van der Waals surface area contributed by atoms with E-state index < -0.39 is 0 Å². The van der Waals surface area contributed by atoms with E-state index in [-0.39, 0.29) is 0 Å². The lowest BCUT2D eigenvalue weighted by atomic mass is 10.0. The van der Waals surface area contributed by atoms with Gasteiger partial charge in [0, 0.05) is 12.1 Å². The summed E-state index contributed by atoms with van der Waals surface area (Å²) in [5.41, 5.74) is 5.71. The van der Waals surface area contributed by atoms with Gasteiger partial charge in [-0.15, -0.1) is 0 Å². The molecule has 98 valence electrons. The second-order valence-corrected chi connectivity index (χ2v) is 5.59. The van der Waals surface area contributed by atoms with E-state index in [0.717, 1.165) is 0 Å². The molecule has 0 aromatic heterocycles. The molecule has 2 aromatic rings. The Kier molecular flexibility index (Phi) is 3.39. The van der Waals surface area contributed by atoms with E-state index in [1.54, 1.807) is 0 Å². The molecule has 0 amide bonds. The van der Waals surface area contributed by atoms with Gasteiger partial charge in [-0.3, -0.25) is 0 Å². The van der Waals surface area contributed by atoms with Gasteiger partial charge in [0.15, 0.2) is 0 Å². The first kappa shape index (κ1) is 12.4. The topological polar surface area (TPSA) is 12.0 Å². The summed E-state index contributed by atoms with van der Waals surface area (Å²) in [4.78, 5) is 0. The van der Waals surface area contributed by atoms with Gasteiger partial charge in [0.2, 0.25) is 0 Å². The second-order valence-electron chi connectivity index (χ2n) is 5.59. The van der Waals surface area contributed by atoms with Crippen molar-refractivity contribution in [2.45, 2.75) is 38.8 Å². The van der Waals surface area contributed by atoms with Crippen LogP contribution in [0, 0.1) is 6.92 Å². The van der Waals surface area contributed by atoms with Crippen LogP contribution in [-0.4, -0.2) is 0 Å². The van der Waals surface area contributed by atoms with Gasteiger partial charge in [-0.05, 0) is 43.4 Å². The molecule has 0 aliphatic heterocycles. The maximum Gasteiger partial charge on any atom is 0.0331 e. The number of fused-ring (bicyclic) bond motifs is 1. The quantitative estimate of drug-likeness (QED) is 0.856. The van der Waals surface area contributed by atoms with E-state index in [1.807, 2.05) is 0 Å². The summed E-state index contributed by atoms with van der Waals surface area (Å²) < 4.78 is 0. The second kappa shape index (κ2) is 5.18. The Morgan fingerprint density at radius 1 is 1.11 bits per heavy atom. The number of aryl methyl sites for hydroxylation is 2. The fraction of sp³-hybridized carbons (Fsp3) is 0.333. The molecule has 2 aromatic carbocycles. The highest BCUT2D eigenvalue weighted by atomic mass is 14.9. The van der Waals surface area contributed by atoms with Crippen LogP contribution in [0.25, 0.3) is 0 Å². The molecule has 0 fully saturated rings. The van der Waals surface area contributed by atoms with Gasteiger partial charge < -0.3 is 5.32 Å². The van der Waals surface area contributed by atoms with Crippen molar-refractivity contribution in [3.63, 3.8) is 0 Å². The summed E-state index contributed by atoms with van der Waals surface area (Å²) in [6, 6.07) is 18.5. The van der Waals surface area contributed by atoms with Crippen LogP contribution < -0.4 is 5.32 Å². The molecule has 2 atom stereocenters. The van der Waals surface area contributed by atoms with Crippen molar-refractivity contribution < 1.29 is 0 Å². The fourth-order valence-corrected chi connectivity index (χ4v) is 3.07. The summed E-state index contributed by atoms with van der Waals surface area (Å²) in [7, 11) is 0. The van der Waals surface area contributed by atoms with Crippen molar-refractivity contribution in [2.75, 3.05) is 0 Å². The van der Waals surface area contributed by atoms with Crippen LogP contribution in [-0.2, 0) is 6.42 Å². The molecule has 3 rings (SSSR count). The maximum absolute atomic E-state index is 3.78. The van der Waals surface area contributed by atoms with Crippen molar-refractivity contribution in [3.8, 4) is 0 Å². The normalized spacial score (nSPS) is 19.2. The van der Waals surface area contributed by atoms with E-state index >= 15 is 0 Å². The zero-order chi connectivity index (χ0) is 13.2. The summed E-state index contributed by atoms with van der Waals surface area (Å²) >= 11 is 0. The fourth-order valence-electron chi connectivity index (χ4n) is 3.07. The molecule has 1 aliphatic rings. The summed E-state index contributed by atoms with van der Waals surface area (Å²) in [6.07, 6.45) is 2.42. The average molecular weight is 251 g/mol. The van der Waals surface area contributed by atoms with Gasteiger partial charge in [0.1, 0.15) is 0 Å². The van der Waals surface area contributed by atoms with Gasteiger partial charge in [-0.2, -0.15) is 0 Å². The van der Waals surface area contributed by atoms with E-state index in [0.29, 0.717) is 12.1 Å². The maximum atomic E-state index is 3.78. The third-order valence-corrected chi connectivity index (χ3v) is 4.13. The Morgan fingerprint density at radius 2 is 1.95 bits per heavy atom. The van der Waals surface area contributed by atoms with Crippen molar-refractivity contribution in [3.05, 3.63) is 70.8 Å². The van der Waals surface area contributed by atoms with Crippen LogP contribution in [0.15, 0.2) is 48.5 Å². The molecule has 0 bridgehead atoms. The van der Waals surface area contributed by atoms with Crippen molar-refractivity contribution in [1.82, 2.24) is 5.32 Å². The van der Waals surface area contributed by atoms with Crippen LogP contribution in [0.4, 0.5) is 0 Å². The minimum atomic E-state index is 0.399. The zero-order valence-corrected chi connectivity index (χ0v) is 11.7. The molecular formula is C18H21N. The number of hydrogen-bond donors (Lipinski definition) is 1. The molecule has 0 saturated carbocycles. The zero-order valence-electron chi connectivity index (χ0n) is 11.7. The Hall–Kier alpha value is -1.60. The first-order valence-corrected chi connectivity index (χ1v) is 7.14. The minimum absolute atomic E-state index is 0.399. The molecule has 1 aliphatic carbocycles. The lowest BCUT2D eigenvalue weighted by molar-refractivity contribution is 0.465. The smallest absolute Gasteiger partial charge is 0.0331 e. The molecule has 0 spiro atoms. The predicted octanol–water partition coefficient (Wildman–Crippen LogP) is 4.33. The third kappa shape index (κ3) is 2.57. The van der Waals surface area contributed by atoms with E-state index in [2.05, 4.69) is 67.7 Å². The molecule has 1 heteroatoms. The average Bonchev–Trinajstić information content (AvgIpc) is 2.82. The third-order valence-electron chi connectivity index (χ3n) is 4.13. The SMILES string of the molecule is Cc1cccc(C(C)NC2CCc3ccccc32)c1. The molecular weight excluding hydrogens is 230 g/mol. The molecule has 19 heavy (non-hydrogen) atoms. The summed E-state index contributed by atoms with van der Waals surface area (Å²) in [5, 5.41) is 3.78. The standard InChI is InChI=1S/C18H21N/c1-13-6-5-8-16(12-13)14(2)19-18-11-10-15-7-3-4-9-17(15)18/h3-9,12,14,18-19H,10-11H2,1-2H3. The molecule has 1 nitrogen and oxygen atoms in total. The Morgan fingerprint density at radius 3 is 2.79 bits per heavy atom. The van der Waals surface area contributed by atoms with Gasteiger partial charge in [-0.25, -0.2) is 0 Å². The highest BCUT2D eigenvalue weighted by Gasteiger charge is 2.23. The van der Waals surface area contributed by atoms with E-state index in [1.165, 1.54) is 35.1 Å². The van der Waals surface area contributed by atoms with E-state index in [9.17, 15) is 0 Å². The highest BCUT2D eigenvalue weighted by molar-refractivity contribution is 5.35. The van der Waals surface area contributed by atoms with Crippen LogP contribution in [0.3, 0.4) is 0 Å². The lowest BCUT2D eigenvalue weighted by Crippen LogP contribution is -2.23. The number of benzene rings is 2. The van der Waals surface area contributed by atoms with E-state index in [4.69, 9.17) is 0 Å². The largest absolute Gasteiger partial charge is 0.303 e. The van der Waals surface area contributed by atoms with Crippen molar-refractivity contribution in [1.29, 1.82) is 0 Å². The minimum Gasteiger partial charge on any atom is -0.303 e. The molecule has 0 heterocycles. The van der Waals surface area contributed by atoms with Crippen molar-refractivity contribution in [2.24, 2.45) is 0 Å².